The van der Waals surface area contributed by atoms with Crippen LogP contribution in [0.3, 0.4) is 0 Å². The normalized spacial score (nSPS) is 10.3. The molecule has 0 aliphatic heterocycles. The van der Waals surface area contributed by atoms with E-state index in [0.717, 1.165) is 5.56 Å². The molecule has 0 bridgehead atoms. The summed E-state index contributed by atoms with van der Waals surface area (Å²) < 4.78 is 0. The van der Waals surface area contributed by atoms with Crippen LogP contribution in [0.2, 0.25) is 0 Å². The third kappa shape index (κ3) is 5.21. The fourth-order valence-corrected chi connectivity index (χ4v) is 2.31. The average Bonchev–Trinajstić information content (AvgIpc) is 2.46. The Morgan fingerprint density at radius 2 is 1.67 bits per heavy atom. The van der Waals surface area contributed by atoms with E-state index < -0.39 is 0 Å². The molecule has 0 aliphatic carbocycles. The van der Waals surface area contributed by atoms with Gasteiger partial charge in [-0.25, -0.2) is 0 Å². The van der Waals surface area contributed by atoms with Crippen LogP contribution in [0.15, 0.2) is 24.3 Å². The lowest BCUT2D eigenvalue weighted by atomic mass is 10.1. The van der Waals surface area contributed by atoms with Gasteiger partial charge in [0.15, 0.2) is 0 Å². The van der Waals surface area contributed by atoms with E-state index in [4.69, 9.17) is 0 Å². The summed E-state index contributed by atoms with van der Waals surface area (Å²) in [5.41, 5.74) is 2.29. The molecule has 0 N–H and O–H groups in total. The van der Waals surface area contributed by atoms with Crippen LogP contribution in [0.25, 0.3) is 0 Å². The number of carbonyl (C=O) groups is 2. The van der Waals surface area contributed by atoms with E-state index >= 15 is 0 Å². The first kappa shape index (κ1) is 17.2. The van der Waals surface area contributed by atoms with Crippen LogP contribution >= 0.6 is 0 Å². The van der Waals surface area contributed by atoms with Crippen molar-refractivity contribution in [3.05, 3.63) is 35.4 Å². The van der Waals surface area contributed by atoms with Crippen molar-refractivity contribution in [1.82, 2.24) is 9.80 Å². The highest BCUT2D eigenvalue weighted by atomic mass is 16.2. The number of nitrogens with zero attached hydrogens (tertiary/aromatic N) is 2. The Balaban J connectivity index is 2.65. The van der Waals surface area contributed by atoms with Crippen molar-refractivity contribution in [3.8, 4) is 0 Å². The third-order valence-corrected chi connectivity index (χ3v) is 3.78. The number of rotatable bonds is 7. The molecule has 1 aromatic carbocycles. The smallest absolute Gasteiger partial charge is 0.224 e. The van der Waals surface area contributed by atoms with E-state index in [2.05, 4.69) is 0 Å². The molecule has 0 radical (unpaired) electrons. The van der Waals surface area contributed by atoms with Crippen molar-refractivity contribution in [2.45, 2.75) is 40.7 Å². The zero-order valence-electron chi connectivity index (χ0n) is 13.6. The van der Waals surface area contributed by atoms with Crippen molar-refractivity contribution in [1.29, 1.82) is 0 Å². The highest BCUT2D eigenvalue weighted by Crippen LogP contribution is 2.11. The lowest BCUT2D eigenvalue weighted by molar-refractivity contribution is -0.133. The van der Waals surface area contributed by atoms with Gasteiger partial charge in [0.05, 0.1) is 0 Å². The van der Waals surface area contributed by atoms with Gasteiger partial charge in [0.1, 0.15) is 0 Å². The number of hydrogen-bond acceptors (Lipinski definition) is 2. The molecule has 2 amide bonds. The molecule has 1 aromatic rings. The van der Waals surface area contributed by atoms with E-state index in [1.54, 1.807) is 16.7 Å². The van der Waals surface area contributed by atoms with Gasteiger partial charge in [-0.15, -0.1) is 0 Å². The van der Waals surface area contributed by atoms with Crippen molar-refractivity contribution in [2.75, 3.05) is 19.6 Å². The summed E-state index contributed by atoms with van der Waals surface area (Å²) in [6.45, 7) is 10.00. The van der Waals surface area contributed by atoms with E-state index in [1.165, 1.54) is 5.56 Å². The topological polar surface area (TPSA) is 40.6 Å². The Hall–Kier alpha value is -1.84. The van der Waals surface area contributed by atoms with Crippen molar-refractivity contribution >= 4 is 11.8 Å². The maximum atomic E-state index is 12.0. The summed E-state index contributed by atoms with van der Waals surface area (Å²) in [5.74, 6) is 0.113. The van der Waals surface area contributed by atoms with Gasteiger partial charge in [-0.1, -0.05) is 24.3 Å². The minimum absolute atomic E-state index is 0.00519. The summed E-state index contributed by atoms with van der Waals surface area (Å²) in [6.07, 6.45) is 0.382. The summed E-state index contributed by atoms with van der Waals surface area (Å²) in [7, 11) is 0. The molecular formula is C17H26N2O2. The molecule has 0 aromatic heterocycles. The predicted octanol–water partition coefficient (Wildman–Crippen LogP) is 2.60. The van der Waals surface area contributed by atoms with Crippen LogP contribution in [0.1, 0.15) is 38.3 Å². The highest BCUT2D eigenvalue weighted by Gasteiger charge is 2.15. The molecule has 0 heterocycles. The zero-order valence-corrected chi connectivity index (χ0v) is 13.6. The number of carbonyl (C=O) groups excluding carboxylic acids is 2. The second-order valence-electron chi connectivity index (χ2n) is 5.18. The minimum Gasteiger partial charge on any atom is -0.343 e. The summed E-state index contributed by atoms with van der Waals surface area (Å²) >= 11 is 0. The quantitative estimate of drug-likeness (QED) is 0.774. The fourth-order valence-electron chi connectivity index (χ4n) is 2.31. The van der Waals surface area contributed by atoms with Crippen LogP contribution in [0.5, 0.6) is 0 Å². The molecule has 0 saturated carbocycles. The maximum absolute atomic E-state index is 12.0. The first-order valence-electron chi connectivity index (χ1n) is 7.57. The van der Waals surface area contributed by atoms with Crippen LogP contribution in [0.4, 0.5) is 0 Å². The monoisotopic (exact) mass is 290 g/mol. The van der Waals surface area contributed by atoms with E-state index in [-0.39, 0.29) is 11.8 Å². The van der Waals surface area contributed by atoms with Crippen LogP contribution in [-0.4, -0.2) is 41.2 Å². The Kier molecular flexibility index (Phi) is 6.92. The second kappa shape index (κ2) is 8.45. The standard InChI is InChI=1S/C17H26N2O2/c1-5-18(6-2)17(21)11-12-19(15(4)20)13-16-10-8-7-9-14(16)3/h7-10H,5-6,11-13H2,1-4H3. The number of aryl methyl sites for hydroxylation is 1. The van der Waals surface area contributed by atoms with Crippen molar-refractivity contribution in [3.63, 3.8) is 0 Å². The first-order valence-corrected chi connectivity index (χ1v) is 7.57. The Morgan fingerprint density at radius 3 is 2.19 bits per heavy atom. The molecule has 0 spiro atoms. The van der Waals surface area contributed by atoms with Gasteiger partial charge < -0.3 is 9.80 Å². The largest absolute Gasteiger partial charge is 0.343 e. The minimum atomic E-state index is 0.00519. The Labute approximate surface area is 127 Å². The van der Waals surface area contributed by atoms with E-state index in [0.29, 0.717) is 32.6 Å². The zero-order chi connectivity index (χ0) is 15.8. The molecule has 0 aliphatic rings. The van der Waals surface area contributed by atoms with E-state index in [1.807, 2.05) is 45.0 Å². The first-order chi connectivity index (χ1) is 9.99. The van der Waals surface area contributed by atoms with Gasteiger partial charge in [0.2, 0.25) is 11.8 Å². The number of benzene rings is 1. The maximum Gasteiger partial charge on any atom is 0.224 e. The predicted molar refractivity (Wildman–Crippen MR) is 84.8 cm³/mol. The number of amides is 2. The summed E-state index contributed by atoms with van der Waals surface area (Å²) in [5, 5.41) is 0. The summed E-state index contributed by atoms with van der Waals surface area (Å²) in [6, 6.07) is 8.02. The van der Waals surface area contributed by atoms with Gasteiger partial charge >= 0.3 is 0 Å². The molecule has 0 unspecified atom stereocenters. The van der Waals surface area contributed by atoms with Gasteiger partial charge in [-0.3, -0.25) is 9.59 Å². The molecule has 0 saturated heterocycles. The van der Waals surface area contributed by atoms with Crippen molar-refractivity contribution in [2.24, 2.45) is 0 Å². The Bertz CT molecular complexity index is 481. The van der Waals surface area contributed by atoms with Crippen LogP contribution in [0, 0.1) is 6.92 Å². The molecule has 1 rings (SSSR count). The summed E-state index contributed by atoms with van der Waals surface area (Å²) in [4.78, 5) is 27.4. The molecular weight excluding hydrogens is 264 g/mol. The average molecular weight is 290 g/mol. The van der Waals surface area contributed by atoms with Crippen LogP contribution in [-0.2, 0) is 16.1 Å². The molecule has 116 valence electrons. The highest BCUT2D eigenvalue weighted by molar-refractivity contribution is 5.78. The molecule has 0 fully saturated rings. The SMILES string of the molecule is CCN(CC)C(=O)CCN(Cc1ccccc1C)C(C)=O. The molecule has 21 heavy (non-hydrogen) atoms. The van der Waals surface area contributed by atoms with Gasteiger partial charge in [-0.05, 0) is 31.9 Å². The lowest BCUT2D eigenvalue weighted by Crippen LogP contribution is -2.36. The van der Waals surface area contributed by atoms with Gasteiger partial charge in [0.25, 0.3) is 0 Å². The number of hydrogen-bond donors (Lipinski definition) is 0. The third-order valence-electron chi connectivity index (χ3n) is 3.78. The van der Waals surface area contributed by atoms with Crippen molar-refractivity contribution < 1.29 is 9.59 Å². The Morgan fingerprint density at radius 1 is 1.05 bits per heavy atom. The second-order valence-corrected chi connectivity index (χ2v) is 5.18. The molecule has 4 heteroatoms. The molecule has 4 nitrogen and oxygen atoms in total. The fraction of sp³-hybridized carbons (Fsp3) is 0.529. The van der Waals surface area contributed by atoms with Crippen LogP contribution < -0.4 is 0 Å². The lowest BCUT2D eigenvalue weighted by Gasteiger charge is -2.24. The molecule has 0 atom stereocenters. The van der Waals surface area contributed by atoms with E-state index in [9.17, 15) is 9.59 Å². The van der Waals surface area contributed by atoms with Gasteiger partial charge in [0, 0.05) is 39.5 Å². The van der Waals surface area contributed by atoms with Gasteiger partial charge in [-0.2, -0.15) is 0 Å².